The van der Waals surface area contributed by atoms with Gasteiger partial charge in [-0.15, -0.1) is 0 Å². The summed E-state index contributed by atoms with van der Waals surface area (Å²) in [7, 11) is 1.62. The summed E-state index contributed by atoms with van der Waals surface area (Å²) < 4.78 is 5.08. The average molecular weight is 298 g/mol. The number of rotatable bonds is 7. The van der Waals surface area contributed by atoms with Gasteiger partial charge in [0.15, 0.2) is 0 Å². The quantitative estimate of drug-likeness (QED) is 0.772. The zero-order valence-corrected chi connectivity index (χ0v) is 13.1. The smallest absolute Gasteiger partial charge is 0.225 e. The van der Waals surface area contributed by atoms with Gasteiger partial charge in [-0.2, -0.15) is 0 Å². The third-order valence-corrected chi connectivity index (χ3v) is 3.35. The zero-order valence-electron chi connectivity index (χ0n) is 13.1. The van der Waals surface area contributed by atoms with Crippen molar-refractivity contribution in [3.05, 3.63) is 59.7 Å². The lowest BCUT2D eigenvalue weighted by atomic mass is 10.1. The van der Waals surface area contributed by atoms with Crippen LogP contribution in [0.2, 0.25) is 0 Å². The van der Waals surface area contributed by atoms with E-state index >= 15 is 0 Å². The maximum absolute atomic E-state index is 11.8. The number of nitrogens with one attached hydrogen (secondary N) is 2. The van der Waals surface area contributed by atoms with Crippen molar-refractivity contribution in [1.82, 2.24) is 5.32 Å². The summed E-state index contributed by atoms with van der Waals surface area (Å²) in [5, 5.41) is 6.14. The van der Waals surface area contributed by atoms with Crippen LogP contribution in [-0.4, -0.2) is 19.6 Å². The predicted molar refractivity (Wildman–Crippen MR) is 89.1 cm³/mol. The summed E-state index contributed by atoms with van der Waals surface area (Å²) in [5.74, 6) is 0.777. The Labute approximate surface area is 131 Å². The number of anilines is 1. The summed E-state index contributed by atoms with van der Waals surface area (Å²) in [4.78, 5) is 11.8. The fourth-order valence-corrected chi connectivity index (χ4v) is 2.04. The second-order valence-electron chi connectivity index (χ2n) is 5.19. The Morgan fingerprint density at radius 1 is 1.05 bits per heavy atom. The SMILES string of the molecule is COc1ccc(NC(=O)CCNCc2ccc(C)cc2)cc1. The summed E-state index contributed by atoms with van der Waals surface area (Å²) in [6.45, 7) is 3.49. The summed E-state index contributed by atoms with van der Waals surface area (Å²) in [5.41, 5.74) is 3.26. The number of carbonyl (C=O) groups is 1. The highest BCUT2D eigenvalue weighted by molar-refractivity contribution is 5.90. The monoisotopic (exact) mass is 298 g/mol. The van der Waals surface area contributed by atoms with Crippen LogP contribution in [0.4, 0.5) is 5.69 Å². The lowest BCUT2D eigenvalue weighted by Gasteiger charge is -2.07. The molecular weight excluding hydrogens is 276 g/mol. The molecule has 0 spiro atoms. The molecule has 0 fully saturated rings. The Kier molecular flexibility index (Phi) is 5.98. The van der Waals surface area contributed by atoms with Gasteiger partial charge in [-0.25, -0.2) is 0 Å². The van der Waals surface area contributed by atoms with Gasteiger partial charge in [0.1, 0.15) is 5.75 Å². The van der Waals surface area contributed by atoms with Crippen LogP contribution in [0.15, 0.2) is 48.5 Å². The molecule has 0 saturated carbocycles. The molecule has 1 amide bonds. The van der Waals surface area contributed by atoms with Crippen LogP contribution < -0.4 is 15.4 Å². The van der Waals surface area contributed by atoms with E-state index in [-0.39, 0.29) is 5.91 Å². The van der Waals surface area contributed by atoms with Gasteiger partial charge in [0.2, 0.25) is 5.91 Å². The molecule has 22 heavy (non-hydrogen) atoms. The van der Waals surface area contributed by atoms with Gasteiger partial charge >= 0.3 is 0 Å². The van der Waals surface area contributed by atoms with Crippen molar-refractivity contribution in [3.63, 3.8) is 0 Å². The second-order valence-corrected chi connectivity index (χ2v) is 5.19. The highest BCUT2D eigenvalue weighted by Crippen LogP contribution is 2.14. The molecule has 2 N–H and O–H groups in total. The largest absolute Gasteiger partial charge is 0.497 e. The standard InChI is InChI=1S/C18H22N2O2/c1-14-3-5-15(6-4-14)13-19-12-11-18(21)20-16-7-9-17(22-2)10-8-16/h3-10,19H,11-13H2,1-2H3,(H,20,21). The number of hydrogen-bond donors (Lipinski definition) is 2. The number of aryl methyl sites for hydroxylation is 1. The minimum Gasteiger partial charge on any atom is -0.497 e. The molecule has 4 heteroatoms. The van der Waals surface area contributed by atoms with Crippen molar-refractivity contribution in [1.29, 1.82) is 0 Å². The first-order chi connectivity index (χ1) is 10.7. The normalized spacial score (nSPS) is 10.3. The van der Waals surface area contributed by atoms with E-state index in [1.165, 1.54) is 11.1 Å². The molecule has 0 aliphatic rings. The number of ether oxygens (including phenoxy) is 1. The Balaban J connectivity index is 1.67. The molecule has 2 aromatic carbocycles. The number of hydrogen-bond acceptors (Lipinski definition) is 3. The third kappa shape index (κ3) is 5.22. The fraction of sp³-hybridized carbons (Fsp3) is 0.278. The van der Waals surface area contributed by atoms with E-state index in [1.54, 1.807) is 7.11 Å². The molecule has 0 atom stereocenters. The first-order valence-electron chi connectivity index (χ1n) is 7.37. The van der Waals surface area contributed by atoms with Crippen LogP contribution in [0.5, 0.6) is 5.75 Å². The van der Waals surface area contributed by atoms with Crippen LogP contribution in [0.25, 0.3) is 0 Å². The average Bonchev–Trinajstić information content (AvgIpc) is 2.54. The zero-order chi connectivity index (χ0) is 15.8. The van der Waals surface area contributed by atoms with Crippen LogP contribution in [-0.2, 0) is 11.3 Å². The molecule has 0 aliphatic carbocycles. The van der Waals surface area contributed by atoms with E-state index < -0.39 is 0 Å². The fourth-order valence-electron chi connectivity index (χ4n) is 2.04. The Hall–Kier alpha value is -2.33. The van der Waals surface area contributed by atoms with Crippen molar-refractivity contribution in [2.24, 2.45) is 0 Å². The second kappa shape index (κ2) is 8.20. The predicted octanol–water partition coefficient (Wildman–Crippen LogP) is 3.12. The number of benzene rings is 2. The van der Waals surface area contributed by atoms with Gasteiger partial charge < -0.3 is 15.4 Å². The third-order valence-electron chi connectivity index (χ3n) is 3.35. The number of carbonyl (C=O) groups excluding carboxylic acids is 1. The molecule has 0 saturated heterocycles. The van der Waals surface area contributed by atoms with Gasteiger partial charge in [0.05, 0.1) is 7.11 Å². The molecule has 0 bridgehead atoms. The first kappa shape index (κ1) is 16.0. The molecule has 0 aromatic heterocycles. The van der Waals surface area contributed by atoms with Crippen molar-refractivity contribution in [2.75, 3.05) is 19.0 Å². The Morgan fingerprint density at radius 3 is 2.36 bits per heavy atom. The van der Waals surface area contributed by atoms with Crippen LogP contribution in [0, 0.1) is 6.92 Å². The Morgan fingerprint density at radius 2 is 1.73 bits per heavy atom. The van der Waals surface area contributed by atoms with E-state index in [0.717, 1.165) is 18.0 Å². The molecule has 2 aromatic rings. The molecular formula is C18H22N2O2. The molecule has 4 nitrogen and oxygen atoms in total. The van der Waals surface area contributed by atoms with E-state index in [2.05, 4.69) is 41.8 Å². The van der Waals surface area contributed by atoms with Crippen LogP contribution in [0.1, 0.15) is 17.5 Å². The van der Waals surface area contributed by atoms with E-state index in [1.807, 2.05) is 24.3 Å². The maximum atomic E-state index is 11.8. The van der Waals surface area contributed by atoms with E-state index in [9.17, 15) is 4.79 Å². The van der Waals surface area contributed by atoms with E-state index in [4.69, 9.17) is 4.74 Å². The van der Waals surface area contributed by atoms with Gasteiger partial charge in [0.25, 0.3) is 0 Å². The minimum absolute atomic E-state index is 0.00146. The van der Waals surface area contributed by atoms with Crippen molar-refractivity contribution >= 4 is 11.6 Å². The van der Waals surface area contributed by atoms with Gasteiger partial charge in [0, 0.05) is 25.2 Å². The highest BCUT2D eigenvalue weighted by atomic mass is 16.5. The molecule has 0 heterocycles. The molecule has 0 unspecified atom stereocenters. The molecule has 2 rings (SSSR count). The van der Waals surface area contributed by atoms with Crippen LogP contribution in [0.3, 0.4) is 0 Å². The van der Waals surface area contributed by atoms with Crippen molar-refractivity contribution in [3.8, 4) is 5.75 Å². The Bertz CT molecular complexity index is 591. The summed E-state index contributed by atoms with van der Waals surface area (Å²) in [6, 6.07) is 15.7. The first-order valence-corrected chi connectivity index (χ1v) is 7.37. The number of methoxy groups -OCH3 is 1. The topological polar surface area (TPSA) is 50.4 Å². The van der Waals surface area contributed by atoms with Crippen LogP contribution >= 0.6 is 0 Å². The van der Waals surface area contributed by atoms with E-state index in [0.29, 0.717) is 13.0 Å². The summed E-state index contributed by atoms with van der Waals surface area (Å²) in [6.07, 6.45) is 0.442. The minimum atomic E-state index is 0.00146. The lowest BCUT2D eigenvalue weighted by molar-refractivity contribution is -0.116. The summed E-state index contributed by atoms with van der Waals surface area (Å²) >= 11 is 0. The highest BCUT2D eigenvalue weighted by Gasteiger charge is 2.02. The molecule has 0 radical (unpaired) electrons. The maximum Gasteiger partial charge on any atom is 0.225 e. The van der Waals surface area contributed by atoms with Crippen molar-refractivity contribution < 1.29 is 9.53 Å². The number of amides is 1. The van der Waals surface area contributed by atoms with Crippen molar-refractivity contribution in [2.45, 2.75) is 19.9 Å². The molecule has 0 aliphatic heterocycles. The lowest BCUT2D eigenvalue weighted by Crippen LogP contribution is -2.21. The van der Waals surface area contributed by atoms with Gasteiger partial charge in [-0.1, -0.05) is 29.8 Å². The molecule has 116 valence electrons. The van der Waals surface area contributed by atoms with Gasteiger partial charge in [-0.3, -0.25) is 4.79 Å². The van der Waals surface area contributed by atoms with Gasteiger partial charge in [-0.05, 0) is 36.8 Å².